The van der Waals surface area contributed by atoms with Gasteiger partial charge < -0.3 is 15.4 Å². The lowest BCUT2D eigenvalue weighted by Gasteiger charge is -2.26. The number of methoxy groups -OCH3 is 1. The fourth-order valence-electron chi connectivity index (χ4n) is 2.15. The number of rotatable bonds is 7. The highest BCUT2D eigenvalue weighted by molar-refractivity contribution is 5.58. The van der Waals surface area contributed by atoms with Gasteiger partial charge in [-0.15, -0.1) is 0 Å². The number of hydrogen-bond donors (Lipinski definition) is 1. The van der Waals surface area contributed by atoms with E-state index in [1.54, 1.807) is 7.11 Å². The molecule has 0 bridgehead atoms. The number of hydrogen-bond acceptors (Lipinski definition) is 4. The van der Waals surface area contributed by atoms with Crippen molar-refractivity contribution in [1.29, 1.82) is 0 Å². The van der Waals surface area contributed by atoms with Crippen molar-refractivity contribution < 1.29 is 4.74 Å². The Balaban J connectivity index is 2.22. The summed E-state index contributed by atoms with van der Waals surface area (Å²) in [6.45, 7) is 2.31. The molecule has 0 saturated heterocycles. The van der Waals surface area contributed by atoms with Crippen LogP contribution in [0.2, 0.25) is 0 Å². The molecule has 0 spiro atoms. The Hall–Kier alpha value is -2.07. The lowest BCUT2D eigenvalue weighted by molar-refractivity contribution is 0.414. The summed E-state index contributed by atoms with van der Waals surface area (Å²) in [5.41, 5.74) is 7.76. The van der Waals surface area contributed by atoms with E-state index in [-0.39, 0.29) is 0 Å². The molecule has 0 fully saturated rings. The fourth-order valence-corrected chi connectivity index (χ4v) is 2.15. The third kappa shape index (κ3) is 3.71. The zero-order valence-corrected chi connectivity index (χ0v) is 11.8. The van der Waals surface area contributed by atoms with Crippen molar-refractivity contribution in [2.75, 3.05) is 25.1 Å². The van der Waals surface area contributed by atoms with Crippen LogP contribution >= 0.6 is 0 Å². The first-order valence-electron chi connectivity index (χ1n) is 6.83. The van der Waals surface area contributed by atoms with E-state index in [1.807, 2.05) is 42.6 Å². The van der Waals surface area contributed by atoms with Crippen LogP contribution in [-0.4, -0.2) is 25.2 Å². The maximum absolute atomic E-state index is 5.65. The quantitative estimate of drug-likeness (QED) is 0.840. The van der Waals surface area contributed by atoms with Crippen LogP contribution in [0.4, 0.5) is 5.69 Å². The van der Waals surface area contributed by atoms with Gasteiger partial charge in [0.1, 0.15) is 5.75 Å². The van der Waals surface area contributed by atoms with Gasteiger partial charge in [-0.05, 0) is 37.2 Å². The molecule has 106 valence electrons. The first kappa shape index (κ1) is 14.3. The molecular weight excluding hydrogens is 250 g/mol. The van der Waals surface area contributed by atoms with E-state index >= 15 is 0 Å². The maximum Gasteiger partial charge on any atom is 0.142 e. The third-order valence-electron chi connectivity index (χ3n) is 3.14. The lowest BCUT2D eigenvalue weighted by Crippen LogP contribution is -2.26. The van der Waals surface area contributed by atoms with Crippen molar-refractivity contribution in [2.24, 2.45) is 5.73 Å². The SMILES string of the molecule is COc1ccccc1N(CCCN)Cc1ccccn1. The number of anilines is 1. The minimum Gasteiger partial charge on any atom is -0.495 e. The average Bonchev–Trinajstić information content (AvgIpc) is 2.52. The zero-order valence-electron chi connectivity index (χ0n) is 11.8. The van der Waals surface area contributed by atoms with Gasteiger partial charge in [-0.3, -0.25) is 4.98 Å². The second-order valence-electron chi connectivity index (χ2n) is 4.56. The van der Waals surface area contributed by atoms with E-state index in [1.165, 1.54) is 0 Å². The Morgan fingerprint density at radius 1 is 1.15 bits per heavy atom. The Bertz CT molecular complexity index is 516. The standard InChI is InChI=1S/C16H21N3O/c1-20-16-9-3-2-8-15(16)19(12-6-10-17)13-14-7-4-5-11-18-14/h2-5,7-9,11H,6,10,12-13,17H2,1H3. The van der Waals surface area contributed by atoms with Crippen LogP contribution in [0.15, 0.2) is 48.7 Å². The highest BCUT2D eigenvalue weighted by Gasteiger charge is 2.12. The average molecular weight is 271 g/mol. The molecule has 0 unspecified atom stereocenters. The molecule has 0 atom stereocenters. The molecule has 2 aromatic rings. The monoisotopic (exact) mass is 271 g/mol. The number of ether oxygens (including phenoxy) is 1. The Kier molecular flexibility index (Phi) is 5.38. The fraction of sp³-hybridized carbons (Fsp3) is 0.312. The molecular formula is C16H21N3O. The Labute approximate surface area is 120 Å². The van der Waals surface area contributed by atoms with Crippen LogP contribution in [0.25, 0.3) is 0 Å². The first-order valence-corrected chi connectivity index (χ1v) is 6.83. The summed E-state index contributed by atoms with van der Waals surface area (Å²) in [5.74, 6) is 0.875. The van der Waals surface area contributed by atoms with Crippen molar-refractivity contribution in [2.45, 2.75) is 13.0 Å². The number of nitrogens with two attached hydrogens (primary N) is 1. The predicted molar refractivity (Wildman–Crippen MR) is 82.0 cm³/mol. The van der Waals surface area contributed by atoms with Crippen LogP contribution in [0.5, 0.6) is 5.75 Å². The zero-order chi connectivity index (χ0) is 14.2. The normalized spacial score (nSPS) is 10.3. The van der Waals surface area contributed by atoms with Gasteiger partial charge in [0.05, 0.1) is 25.0 Å². The molecule has 2 rings (SSSR count). The summed E-state index contributed by atoms with van der Waals surface area (Å²) < 4.78 is 5.45. The summed E-state index contributed by atoms with van der Waals surface area (Å²) in [5, 5.41) is 0. The van der Waals surface area contributed by atoms with E-state index in [0.717, 1.165) is 36.6 Å². The highest BCUT2D eigenvalue weighted by Crippen LogP contribution is 2.28. The summed E-state index contributed by atoms with van der Waals surface area (Å²) in [6.07, 6.45) is 2.75. The molecule has 0 saturated carbocycles. The molecule has 0 amide bonds. The second kappa shape index (κ2) is 7.50. The van der Waals surface area contributed by atoms with Crippen LogP contribution < -0.4 is 15.4 Å². The number of benzene rings is 1. The van der Waals surface area contributed by atoms with Crippen LogP contribution in [0.1, 0.15) is 12.1 Å². The molecule has 1 aromatic heterocycles. The first-order chi connectivity index (χ1) is 9.85. The molecule has 2 N–H and O–H groups in total. The van der Waals surface area contributed by atoms with E-state index in [9.17, 15) is 0 Å². The van der Waals surface area contributed by atoms with Gasteiger partial charge in [-0.25, -0.2) is 0 Å². The van der Waals surface area contributed by atoms with Crippen LogP contribution in [0.3, 0.4) is 0 Å². The number of nitrogens with zero attached hydrogens (tertiary/aromatic N) is 2. The van der Waals surface area contributed by atoms with Gasteiger partial charge in [-0.2, -0.15) is 0 Å². The van der Waals surface area contributed by atoms with Crippen LogP contribution in [-0.2, 0) is 6.54 Å². The minimum absolute atomic E-state index is 0.674. The van der Waals surface area contributed by atoms with E-state index in [4.69, 9.17) is 10.5 Å². The summed E-state index contributed by atoms with van der Waals surface area (Å²) in [7, 11) is 1.70. The molecule has 0 aliphatic rings. The molecule has 1 heterocycles. The number of aromatic nitrogens is 1. The summed E-state index contributed by atoms with van der Waals surface area (Å²) >= 11 is 0. The van der Waals surface area contributed by atoms with E-state index in [2.05, 4.69) is 16.0 Å². The maximum atomic E-state index is 5.65. The van der Waals surface area contributed by atoms with Crippen molar-refractivity contribution >= 4 is 5.69 Å². The van der Waals surface area contributed by atoms with Crippen LogP contribution in [0, 0.1) is 0 Å². The Morgan fingerprint density at radius 3 is 2.65 bits per heavy atom. The van der Waals surface area contributed by atoms with Crippen molar-refractivity contribution in [3.05, 3.63) is 54.4 Å². The largest absolute Gasteiger partial charge is 0.495 e. The predicted octanol–water partition coefficient (Wildman–Crippen LogP) is 2.45. The highest BCUT2D eigenvalue weighted by atomic mass is 16.5. The van der Waals surface area contributed by atoms with E-state index in [0.29, 0.717) is 6.54 Å². The molecule has 0 radical (unpaired) electrons. The summed E-state index contributed by atoms with van der Waals surface area (Å²) in [4.78, 5) is 6.65. The van der Waals surface area contributed by atoms with Gasteiger partial charge in [0, 0.05) is 12.7 Å². The molecule has 4 nitrogen and oxygen atoms in total. The third-order valence-corrected chi connectivity index (χ3v) is 3.14. The van der Waals surface area contributed by atoms with Crippen molar-refractivity contribution in [3.63, 3.8) is 0 Å². The second-order valence-corrected chi connectivity index (χ2v) is 4.56. The van der Waals surface area contributed by atoms with Crippen molar-refractivity contribution in [1.82, 2.24) is 4.98 Å². The van der Waals surface area contributed by atoms with Gasteiger partial charge in [-0.1, -0.05) is 18.2 Å². The Morgan fingerprint density at radius 2 is 1.95 bits per heavy atom. The number of para-hydroxylation sites is 2. The van der Waals surface area contributed by atoms with Gasteiger partial charge >= 0.3 is 0 Å². The van der Waals surface area contributed by atoms with Gasteiger partial charge in [0.15, 0.2) is 0 Å². The molecule has 1 aromatic carbocycles. The molecule has 0 aliphatic heterocycles. The topological polar surface area (TPSA) is 51.4 Å². The van der Waals surface area contributed by atoms with Crippen molar-refractivity contribution in [3.8, 4) is 5.75 Å². The summed E-state index contributed by atoms with van der Waals surface area (Å²) in [6, 6.07) is 14.0. The smallest absolute Gasteiger partial charge is 0.142 e. The minimum atomic E-state index is 0.674. The lowest BCUT2D eigenvalue weighted by atomic mass is 10.2. The van der Waals surface area contributed by atoms with Gasteiger partial charge in [0.2, 0.25) is 0 Å². The molecule has 4 heteroatoms. The molecule has 0 aliphatic carbocycles. The molecule has 20 heavy (non-hydrogen) atoms. The number of pyridine rings is 1. The van der Waals surface area contributed by atoms with Gasteiger partial charge in [0.25, 0.3) is 0 Å². The van der Waals surface area contributed by atoms with E-state index < -0.39 is 0 Å².